The second-order valence-corrected chi connectivity index (χ2v) is 7.93. The number of nitrogens with zero attached hydrogens (tertiary/aromatic N) is 1. The van der Waals surface area contributed by atoms with Crippen LogP contribution in [0.4, 0.5) is 26.3 Å². The molecule has 0 spiro atoms. The number of aryl methyl sites for hydroxylation is 1. The highest BCUT2D eigenvalue weighted by Gasteiger charge is 2.62. The molecule has 0 bridgehead atoms. The highest BCUT2D eigenvalue weighted by atomic mass is 19.4. The van der Waals surface area contributed by atoms with Gasteiger partial charge in [0.25, 0.3) is 5.60 Å². The number of hydrogen-bond donors (Lipinski definition) is 2. The molecule has 0 radical (unpaired) electrons. The lowest BCUT2D eigenvalue weighted by Gasteiger charge is -2.38. The van der Waals surface area contributed by atoms with Crippen molar-refractivity contribution in [2.75, 3.05) is 13.1 Å². The van der Waals surface area contributed by atoms with Crippen LogP contribution in [0.1, 0.15) is 34.2 Å². The second-order valence-electron chi connectivity index (χ2n) is 7.93. The zero-order chi connectivity index (χ0) is 22.7. The van der Waals surface area contributed by atoms with Crippen molar-refractivity contribution in [3.8, 4) is 0 Å². The monoisotopic (exact) mass is 444 g/mol. The van der Waals surface area contributed by atoms with Gasteiger partial charge in [-0.25, -0.2) is 0 Å². The maximum atomic E-state index is 14.1. The Kier molecular flexibility index (Phi) is 4.86. The molecule has 31 heavy (non-hydrogen) atoms. The third-order valence-electron chi connectivity index (χ3n) is 5.65. The van der Waals surface area contributed by atoms with E-state index in [1.807, 2.05) is 0 Å². The fraction of sp³-hybridized carbons (Fsp3) is 0.381. The number of nitrogens with one attached hydrogen (secondary N) is 1. The van der Waals surface area contributed by atoms with Gasteiger partial charge < -0.3 is 15.3 Å². The van der Waals surface area contributed by atoms with E-state index >= 15 is 0 Å². The summed E-state index contributed by atoms with van der Waals surface area (Å²) in [5, 5.41) is 16.9. The SMILES string of the molecule is Cc1cc(C(F)(F)F)cc(C2(C(F)(F)F)CC(c3ccc(C4(O)CNC4)cc3)=NO2)c1. The van der Waals surface area contributed by atoms with Crippen LogP contribution in [0.5, 0.6) is 0 Å². The van der Waals surface area contributed by atoms with E-state index in [4.69, 9.17) is 4.84 Å². The molecule has 1 saturated heterocycles. The van der Waals surface area contributed by atoms with Crippen LogP contribution in [0.2, 0.25) is 0 Å². The van der Waals surface area contributed by atoms with Crippen LogP contribution in [0.3, 0.4) is 0 Å². The molecule has 1 atom stereocenters. The summed E-state index contributed by atoms with van der Waals surface area (Å²) in [4.78, 5) is 4.85. The van der Waals surface area contributed by atoms with Crippen LogP contribution >= 0.6 is 0 Å². The number of alkyl halides is 6. The number of oxime groups is 1. The van der Waals surface area contributed by atoms with Crippen molar-refractivity contribution in [2.24, 2.45) is 5.16 Å². The Balaban J connectivity index is 1.68. The van der Waals surface area contributed by atoms with Crippen molar-refractivity contribution in [1.82, 2.24) is 5.32 Å². The Bertz CT molecular complexity index is 1030. The minimum atomic E-state index is -5.01. The van der Waals surface area contributed by atoms with E-state index in [0.717, 1.165) is 12.1 Å². The molecular formula is C21H18F6N2O2. The summed E-state index contributed by atoms with van der Waals surface area (Å²) in [5.41, 5.74) is -4.98. The summed E-state index contributed by atoms with van der Waals surface area (Å²) >= 11 is 0. The molecule has 1 fully saturated rings. The molecular weight excluding hydrogens is 426 g/mol. The van der Waals surface area contributed by atoms with Crippen LogP contribution < -0.4 is 5.32 Å². The van der Waals surface area contributed by atoms with Gasteiger partial charge in [-0.3, -0.25) is 0 Å². The topological polar surface area (TPSA) is 53.8 Å². The molecule has 1 unspecified atom stereocenters. The van der Waals surface area contributed by atoms with Gasteiger partial charge in [0.2, 0.25) is 0 Å². The van der Waals surface area contributed by atoms with Gasteiger partial charge in [0.1, 0.15) is 5.60 Å². The largest absolute Gasteiger partial charge is 0.435 e. The molecule has 0 amide bonds. The Labute approximate surface area is 173 Å². The van der Waals surface area contributed by atoms with E-state index in [-0.39, 0.29) is 11.3 Å². The van der Waals surface area contributed by atoms with Gasteiger partial charge in [0.15, 0.2) is 0 Å². The minimum absolute atomic E-state index is 0.0252. The first kappa shape index (κ1) is 21.6. The van der Waals surface area contributed by atoms with Gasteiger partial charge in [0, 0.05) is 25.1 Å². The average molecular weight is 444 g/mol. The van der Waals surface area contributed by atoms with E-state index in [9.17, 15) is 31.4 Å². The Morgan fingerprint density at radius 3 is 2.13 bits per heavy atom. The van der Waals surface area contributed by atoms with Crippen molar-refractivity contribution in [3.63, 3.8) is 0 Å². The van der Waals surface area contributed by atoms with Crippen LogP contribution in [0.25, 0.3) is 0 Å². The lowest BCUT2D eigenvalue weighted by Crippen LogP contribution is -2.56. The van der Waals surface area contributed by atoms with Gasteiger partial charge >= 0.3 is 12.4 Å². The summed E-state index contributed by atoms with van der Waals surface area (Å²) in [6.07, 6.45) is -10.6. The molecule has 2 heterocycles. The smallest absolute Gasteiger partial charge is 0.382 e. The number of hydrogen-bond acceptors (Lipinski definition) is 4. The molecule has 2 aliphatic heterocycles. The third-order valence-corrected chi connectivity index (χ3v) is 5.65. The highest BCUT2D eigenvalue weighted by molar-refractivity contribution is 6.01. The first-order valence-corrected chi connectivity index (χ1v) is 9.39. The zero-order valence-electron chi connectivity index (χ0n) is 16.2. The predicted molar refractivity (Wildman–Crippen MR) is 99.4 cm³/mol. The number of aliphatic hydroxyl groups is 1. The molecule has 4 rings (SSSR count). The van der Waals surface area contributed by atoms with E-state index in [0.29, 0.717) is 30.3 Å². The minimum Gasteiger partial charge on any atom is -0.382 e. The van der Waals surface area contributed by atoms with Gasteiger partial charge in [0.05, 0.1) is 11.3 Å². The van der Waals surface area contributed by atoms with E-state index in [1.54, 1.807) is 12.1 Å². The first-order valence-electron chi connectivity index (χ1n) is 9.39. The van der Waals surface area contributed by atoms with Crippen LogP contribution in [-0.4, -0.2) is 30.1 Å². The summed E-state index contributed by atoms with van der Waals surface area (Å²) in [6, 6.07) is 8.46. The van der Waals surface area contributed by atoms with Gasteiger partial charge in [-0.2, -0.15) is 26.3 Å². The van der Waals surface area contributed by atoms with Crippen molar-refractivity contribution >= 4 is 5.71 Å². The normalized spacial score (nSPS) is 23.2. The van der Waals surface area contributed by atoms with Gasteiger partial charge in [-0.15, -0.1) is 0 Å². The molecule has 0 aromatic heterocycles. The molecule has 10 heteroatoms. The number of rotatable bonds is 3. The van der Waals surface area contributed by atoms with Gasteiger partial charge in [-0.05, 0) is 30.2 Å². The Morgan fingerprint density at radius 2 is 1.61 bits per heavy atom. The number of halogens is 6. The highest BCUT2D eigenvalue weighted by Crippen LogP contribution is 2.50. The zero-order valence-corrected chi connectivity index (χ0v) is 16.2. The van der Waals surface area contributed by atoms with Crippen LogP contribution in [0.15, 0.2) is 47.6 Å². The van der Waals surface area contributed by atoms with Crippen molar-refractivity contribution < 1.29 is 36.3 Å². The quantitative estimate of drug-likeness (QED) is 0.691. The standard InChI is InChI=1S/C21H18F6N2O2/c1-12-6-15(8-16(7-12)20(22,23)24)19(21(25,26)27)9-17(29-31-19)13-2-4-14(5-3-13)18(30)10-28-11-18/h2-8,28,30H,9-11H2,1H3. The fourth-order valence-electron chi connectivity index (χ4n) is 3.78. The summed E-state index contributed by atoms with van der Waals surface area (Å²) in [6.45, 7) is 2.02. The second kappa shape index (κ2) is 6.96. The molecule has 2 aromatic carbocycles. The van der Waals surface area contributed by atoms with Crippen molar-refractivity contribution in [1.29, 1.82) is 0 Å². The first-order chi connectivity index (χ1) is 14.3. The molecule has 166 valence electrons. The Hall–Kier alpha value is -2.59. The van der Waals surface area contributed by atoms with E-state index < -0.39 is 41.1 Å². The number of β-amino-alcohol motifs (C(OH)–C–C–N with tert-alkyl or cyclic N) is 1. The molecule has 4 nitrogen and oxygen atoms in total. The average Bonchev–Trinajstić information content (AvgIpc) is 3.12. The predicted octanol–water partition coefficient (Wildman–Crippen LogP) is 4.39. The summed E-state index contributed by atoms with van der Waals surface area (Å²) < 4.78 is 81.9. The third kappa shape index (κ3) is 3.67. The fourth-order valence-corrected chi connectivity index (χ4v) is 3.78. The maximum absolute atomic E-state index is 14.1. The Morgan fingerprint density at radius 1 is 0.968 bits per heavy atom. The lowest BCUT2D eigenvalue weighted by molar-refractivity contribution is -0.276. The van der Waals surface area contributed by atoms with Crippen LogP contribution in [-0.2, 0) is 22.2 Å². The molecule has 0 saturated carbocycles. The molecule has 2 aromatic rings. The van der Waals surface area contributed by atoms with E-state index in [2.05, 4.69) is 10.5 Å². The molecule has 2 aliphatic rings. The number of benzene rings is 2. The van der Waals surface area contributed by atoms with Crippen molar-refractivity contribution in [2.45, 2.75) is 36.9 Å². The maximum Gasteiger partial charge on any atom is 0.435 e. The van der Waals surface area contributed by atoms with Crippen molar-refractivity contribution in [3.05, 3.63) is 70.3 Å². The van der Waals surface area contributed by atoms with E-state index in [1.165, 1.54) is 19.1 Å². The summed E-state index contributed by atoms with van der Waals surface area (Å²) in [7, 11) is 0. The molecule has 0 aliphatic carbocycles. The molecule has 2 N–H and O–H groups in total. The summed E-state index contributed by atoms with van der Waals surface area (Å²) in [5.74, 6) is 0. The van der Waals surface area contributed by atoms with Gasteiger partial charge in [-0.1, -0.05) is 41.1 Å². The lowest BCUT2D eigenvalue weighted by atomic mass is 9.84. The van der Waals surface area contributed by atoms with Crippen LogP contribution in [0, 0.1) is 6.92 Å².